The molecular weight excluding hydrogens is 464 g/mol. The van der Waals surface area contributed by atoms with Crippen LogP contribution in [0.4, 0.5) is 5.00 Å². The fourth-order valence-electron chi connectivity index (χ4n) is 4.40. The number of thiophene rings is 1. The average molecular weight is 489 g/mol. The predicted octanol–water partition coefficient (Wildman–Crippen LogP) is 4.65. The molecule has 0 saturated heterocycles. The third-order valence-corrected chi connectivity index (χ3v) is 7.18. The highest BCUT2D eigenvalue weighted by atomic mass is 32.1. The van der Waals surface area contributed by atoms with Crippen molar-refractivity contribution in [2.45, 2.75) is 38.1 Å². The number of esters is 1. The lowest BCUT2D eigenvalue weighted by atomic mass is 10.0. The Labute approximate surface area is 206 Å². The maximum Gasteiger partial charge on any atom is 0.341 e. The Balaban J connectivity index is 1.49. The number of anilines is 1. The number of fused-ring (bicyclic) bond motifs is 1. The maximum atomic E-state index is 13.7. The van der Waals surface area contributed by atoms with E-state index in [1.165, 1.54) is 11.3 Å². The molecule has 0 unspecified atom stereocenters. The first-order valence-electron chi connectivity index (χ1n) is 11.6. The number of nitrogens with one attached hydrogen (secondary N) is 1. The van der Waals surface area contributed by atoms with Crippen LogP contribution < -0.4 is 5.32 Å². The highest BCUT2D eigenvalue weighted by Gasteiger charge is 2.43. The first-order chi connectivity index (χ1) is 17.0. The van der Waals surface area contributed by atoms with Gasteiger partial charge >= 0.3 is 5.97 Å². The molecule has 3 amide bonds. The molecule has 2 aliphatic rings. The van der Waals surface area contributed by atoms with Gasteiger partial charge in [-0.05, 0) is 54.3 Å². The SMILES string of the molecule is CCOC(=O)c1c(C2CC2)csc1NC(=O)[C@H](Cc1ccccc1)N1C(=O)c2ccccc2C1=O. The number of carbonyl (C=O) groups is 4. The zero-order valence-electron chi connectivity index (χ0n) is 19.2. The molecule has 1 saturated carbocycles. The fraction of sp³-hybridized carbons (Fsp3) is 0.259. The molecule has 2 aromatic carbocycles. The first kappa shape index (κ1) is 23.0. The summed E-state index contributed by atoms with van der Waals surface area (Å²) in [4.78, 5) is 53.9. The fourth-order valence-corrected chi connectivity index (χ4v) is 5.43. The van der Waals surface area contributed by atoms with Crippen LogP contribution in [0.1, 0.15) is 67.9 Å². The van der Waals surface area contributed by atoms with Crippen LogP contribution in [-0.4, -0.2) is 41.2 Å². The number of amides is 3. The smallest absolute Gasteiger partial charge is 0.341 e. The van der Waals surface area contributed by atoms with E-state index in [-0.39, 0.29) is 30.1 Å². The molecule has 1 aromatic heterocycles. The van der Waals surface area contributed by atoms with Gasteiger partial charge < -0.3 is 10.1 Å². The number of benzene rings is 2. The van der Waals surface area contributed by atoms with Gasteiger partial charge in [-0.2, -0.15) is 0 Å². The number of carbonyl (C=O) groups excluding carboxylic acids is 4. The van der Waals surface area contributed by atoms with Crippen LogP contribution in [0.3, 0.4) is 0 Å². The van der Waals surface area contributed by atoms with Crippen LogP contribution in [0.15, 0.2) is 60.0 Å². The minimum Gasteiger partial charge on any atom is -0.462 e. The van der Waals surface area contributed by atoms with E-state index in [2.05, 4.69) is 5.32 Å². The van der Waals surface area contributed by atoms with E-state index in [0.717, 1.165) is 28.9 Å². The molecule has 1 aliphatic heterocycles. The monoisotopic (exact) mass is 488 g/mol. The number of hydrogen-bond donors (Lipinski definition) is 1. The van der Waals surface area contributed by atoms with Crippen molar-refractivity contribution in [3.63, 3.8) is 0 Å². The Morgan fingerprint density at radius 2 is 1.66 bits per heavy atom. The Bertz CT molecular complexity index is 1280. The van der Waals surface area contributed by atoms with Gasteiger partial charge in [0, 0.05) is 6.42 Å². The van der Waals surface area contributed by atoms with Gasteiger partial charge in [0.15, 0.2) is 0 Å². The number of ether oxygens (including phenoxy) is 1. The molecule has 2 heterocycles. The largest absolute Gasteiger partial charge is 0.462 e. The van der Waals surface area contributed by atoms with Gasteiger partial charge in [0.2, 0.25) is 5.91 Å². The van der Waals surface area contributed by atoms with Gasteiger partial charge in [-0.25, -0.2) is 4.79 Å². The van der Waals surface area contributed by atoms with Crippen molar-refractivity contribution in [2.24, 2.45) is 0 Å². The average Bonchev–Trinajstić information content (AvgIpc) is 3.58. The molecule has 1 atom stereocenters. The molecule has 35 heavy (non-hydrogen) atoms. The van der Waals surface area contributed by atoms with Crippen LogP contribution in [0.25, 0.3) is 0 Å². The predicted molar refractivity (Wildman–Crippen MR) is 132 cm³/mol. The molecule has 1 N–H and O–H groups in total. The molecule has 7 nitrogen and oxygen atoms in total. The van der Waals surface area contributed by atoms with Gasteiger partial charge in [0.1, 0.15) is 11.0 Å². The Hall–Kier alpha value is -3.78. The zero-order chi connectivity index (χ0) is 24.5. The van der Waals surface area contributed by atoms with Crippen molar-refractivity contribution in [3.8, 4) is 0 Å². The zero-order valence-corrected chi connectivity index (χ0v) is 20.0. The van der Waals surface area contributed by atoms with E-state index in [1.807, 2.05) is 35.7 Å². The summed E-state index contributed by atoms with van der Waals surface area (Å²) in [6, 6.07) is 14.7. The molecular formula is C27H24N2O5S. The van der Waals surface area contributed by atoms with Crippen LogP contribution in [0.5, 0.6) is 0 Å². The second-order valence-electron chi connectivity index (χ2n) is 8.61. The van der Waals surface area contributed by atoms with E-state index in [0.29, 0.717) is 10.6 Å². The van der Waals surface area contributed by atoms with E-state index < -0.39 is 29.7 Å². The summed E-state index contributed by atoms with van der Waals surface area (Å²) < 4.78 is 5.26. The lowest BCUT2D eigenvalue weighted by molar-refractivity contribution is -0.119. The van der Waals surface area contributed by atoms with Crippen LogP contribution in [0.2, 0.25) is 0 Å². The van der Waals surface area contributed by atoms with Crippen molar-refractivity contribution in [1.82, 2.24) is 4.90 Å². The Morgan fingerprint density at radius 1 is 1.03 bits per heavy atom. The molecule has 0 radical (unpaired) electrons. The first-order valence-corrected chi connectivity index (χ1v) is 12.5. The summed E-state index contributed by atoms with van der Waals surface area (Å²) in [6.07, 6.45) is 2.12. The third kappa shape index (κ3) is 4.37. The summed E-state index contributed by atoms with van der Waals surface area (Å²) >= 11 is 1.26. The topological polar surface area (TPSA) is 92.8 Å². The van der Waals surface area contributed by atoms with Crippen molar-refractivity contribution >= 4 is 40.0 Å². The highest BCUT2D eigenvalue weighted by Crippen LogP contribution is 2.46. The van der Waals surface area contributed by atoms with Crippen LogP contribution in [0, 0.1) is 0 Å². The molecule has 178 valence electrons. The molecule has 1 aliphatic carbocycles. The van der Waals surface area contributed by atoms with E-state index in [1.54, 1.807) is 31.2 Å². The second kappa shape index (κ2) is 9.46. The standard InChI is InChI=1S/C27H24N2O5S/c1-2-34-27(33)22-20(17-12-13-17)15-35-24(22)28-23(30)21(14-16-8-4-3-5-9-16)29-25(31)18-10-6-7-11-19(18)26(29)32/h3-11,15,17,21H,2,12-14H2,1H3,(H,28,30)/t21-/m0/s1. The summed E-state index contributed by atoms with van der Waals surface area (Å²) in [5.74, 6) is -1.73. The third-order valence-electron chi connectivity index (χ3n) is 6.26. The minimum absolute atomic E-state index is 0.147. The molecule has 1 fully saturated rings. The second-order valence-corrected chi connectivity index (χ2v) is 9.49. The molecule has 0 spiro atoms. The molecule has 3 aromatic rings. The summed E-state index contributed by atoms with van der Waals surface area (Å²) in [5.41, 5.74) is 2.61. The highest BCUT2D eigenvalue weighted by molar-refractivity contribution is 7.15. The van der Waals surface area contributed by atoms with Crippen molar-refractivity contribution in [1.29, 1.82) is 0 Å². The van der Waals surface area contributed by atoms with E-state index in [9.17, 15) is 19.2 Å². The van der Waals surface area contributed by atoms with E-state index >= 15 is 0 Å². The number of imide groups is 1. The lowest BCUT2D eigenvalue weighted by Crippen LogP contribution is -2.48. The molecule has 5 rings (SSSR count). The van der Waals surface area contributed by atoms with Crippen molar-refractivity contribution in [2.75, 3.05) is 11.9 Å². The Kier molecular flexibility index (Phi) is 6.21. The molecule has 0 bridgehead atoms. The number of hydrogen-bond acceptors (Lipinski definition) is 6. The van der Waals surface area contributed by atoms with Crippen molar-refractivity contribution < 1.29 is 23.9 Å². The number of nitrogens with zero attached hydrogens (tertiary/aromatic N) is 1. The minimum atomic E-state index is -1.09. The van der Waals surface area contributed by atoms with Crippen molar-refractivity contribution in [3.05, 3.63) is 87.8 Å². The van der Waals surface area contributed by atoms with Crippen LogP contribution >= 0.6 is 11.3 Å². The maximum absolute atomic E-state index is 13.7. The van der Waals surface area contributed by atoms with Gasteiger partial charge in [-0.15, -0.1) is 11.3 Å². The van der Waals surface area contributed by atoms with Gasteiger partial charge in [0.25, 0.3) is 11.8 Å². The van der Waals surface area contributed by atoms with Crippen LogP contribution in [-0.2, 0) is 16.0 Å². The number of rotatable bonds is 8. The van der Waals surface area contributed by atoms with Gasteiger partial charge in [0.05, 0.1) is 23.3 Å². The summed E-state index contributed by atoms with van der Waals surface area (Å²) in [5, 5.41) is 5.11. The normalized spacial score (nSPS) is 15.6. The summed E-state index contributed by atoms with van der Waals surface area (Å²) in [6.45, 7) is 1.95. The summed E-state index contributed by atoms with van der Waals surface area (Å²) in [7, 11) is 0. The van der Waals surface area contributed by atoms with E-state index in [4.69, 9.17) is 4.74 Å². The quantitative estimate of drug-likeness (QED) is 0.368. The van der Waals surface area contributed by atoms with Gasteiger partial charge in [-0.1, -0.05) is 42.5 Å². The Morgan fingerprint density at radius 3 is 2.26 bits per heavy atom. The molecule has 8 heteroatoms. The lowest BCUT2D eigenvalue weighted by Gasteiger charge is -2.25. The van der Waals surface area contributed by atoms with Gasteiger partial charge in [-0.3, -0.25) is 19.3 Å².